The molecule has 0 aromatic carbocycles. The Hall–Kier alpha value is -0.453. The third-order valence-electron chi connectivity index (χ3n) is 1.38. The lowest BCUT2D eigenvalue weighted by molar-refractivity contribution is -0.158. The molecule has 0 saturated carbocycles. The number of hydrogen-bond acceptors (Lipinski definition) is 2. The summed E-state index contributed by atoms with van der Waals surface area (Å²) in [6.07, 6.45) is 0. The Bertz CT molecular complexity index is 162. The van der Waals surface area contributed by atoms with E-state index in [1.807, 2.05) is 0 Å². The minimum atomic E-state index is -3.28. The van der Waals surface area contributed by atoms with Crippen LogP contribution in [0.25, 0.3) is 0 Å². The molecule has 0 spiro atoms. The Morgan fingerprint density at radius 1 is 1.36 bits per heavy atom. The molecule has 0 heterocycles. The van der Waals surface area contributed by atoms with Crippen LogP contribution in [0.2, 0.25) is 19.6 Å². The number of carbonyl (C=O) groups is 1. The molecule has 0 N–H and O–H groups in total. The van der Waals surface area contributed by atoms with Crippen LogP contribution in [0, 0.1) is 0 Å². The highest BCUT2D eigenvalue weighted by Crippen LogP contribution is 2.27. The van der Waals surface area contributed by atoms with Crippen molar-refractivity contribution in [3.05, 3.63) is 0 Å². The highest BCUT2D eigenvalue weighted by atomic mass is 28.3. The van der Waals surface area contributed by atoms with E-state index in [2.05, 4.69) is 4.74 Å². The molecule has 0 radical (unpaired) electrons. The van der Waals surface area contributed by atoms with Gasteiger partial charge in [-0.15, -0.1) is 0 Å². The predicted octanol–water partition coefficient (Wildman–Crippen LogP) is 1.67. The SMILES string of the molecule is COC(=O)C(F)(F)[Si](C)(C)C. The minimum absolute atomic E-state index is 0.969. The minimum Gasteiger partial charge on any atom is -0.465 e. The second-order valence-electron chi connectivity index (χ2n) is 3.32. The molecule has 2 nitrogen and oxygen atoms in total. The molecule has 66 valence electrons. The van der Waals surface area contributed by atoms with Crippen molar-refractivity contribution in [3.8, 4) is 0 Å². The fraction of sp³-hybridized carbons (Fsp3) is 0.833. The standard InChI is InChI=1S/C6H12F2O2Si/c1-10-5(9)6(7,8)11(2,3)4/h1-4H3. The van der Waals surface area contributed by atoms with Gasteiger partial charge in [-0.25, -0.2) is 4.79 Å². The van der Waals surface area contributed by atoms with Gasteiger partial charge in [0.05, 0.1) is 7.11 Å². The van der Waals surface area contributed by atoms with Crippen molar-refractivity contribution < 1.29 is 18.3 Å². The summed E-state index contributed by atoms with van der Waals surface area (Å²) in [6.45, 7) is 4.26. The average molecular weight is 182 g/mol. The number of carbonyl (C=O) groups excluding carboxylic acids is 1. The van der Waals surface area contributed by atoms with Gasteiger partial charge in [0.1, 0.15) is 8.07 Å². The Morgan fingerprint density at radius 3 is 1.82 bits per heavy atom. The van der Waals surface area contributed by atoms with Crippen molar-refractivity contribution in [1.29, 1.82) is 0 Å². The van der Waals surface area contributed by atoms with Gasteiger partial charge in [-0.1, -0.05) is 19.6 Å². The summed E-state index contributed by atoms with van der Waals surface area (Å²) in [5, 5.41) is 0. The van der Waals surface area contributed by atoms with E-state index in [0.29, 0.717) is 0 Å². The molecule has 0 rings (SSSR count). The van der Waals surface area contributed by atoms with Crippen molar-refractivity contribution in [1.82, 2.24) is 0 Å². The number of ether oxygens (including phenoxy) is 1. The van der Waals surface area contributed by atoms with E-state index < -0.39 is 19.6 Å². The second-order valence-corrected chi connectivity index (χ2v) is 8.44. The Morgan fingerprint density at radius 2 is 1.73 bits per heavy atom. The molecule has 0 aliphatic rings. The second kappa shape index (κ2) is 2.89. The van der Waals surface area contributed by atoms with E-state index in [9.17, 15) is 13.6 Å². The van der Waals surface area contributed by atoms with Gasteiger partial charge in [0.15, 0.2) is 0 Å². The molecular weight excluding hydrogens is 170 g/mol. The Labute approximate surface area is 65.6 Å². The van der Waals surface area contributed by atoms with Crippen LogP contribution in [-0.4, -0.2) is 26.7 Å². The molecule has 0 fully saturated rings. The van der Waals surface area contributed by atoms with Crippen LogP contribution >= 0.6 is 0 Å². The number of hydrogen-bond donors (Lipinski definition) is 0. The maximum atomic E-state index is 12.9. The Balaban J connectivity index is 4.59. The van der Waals surface area contributed by atoms with Crippen LogP contribution in [0.1, 0.15) is 0 Å². The average Bonchev–Trinajstić information content (AvgIpc) is 1.83. The lowest BCUT2D eigenvalue weighted by atomic mass is 10.7. The lowest BCUT2D eigenvalue weighted by Gasteiger charge is -2.25. The summed E-state index contributed by atoms with van der Waals surface area (Å²) in [6, 6.07) is 0. The monoisotopic (exact) mass is 182 g/mol. The van der Waals surface area contributed by atoms with E-state index in [-0.39, 0.29) is 0 Å². The quantitative estimate of drug-likeness (QED) is 0.479. The first kappa shape index (κ1) is 10.5. The van der Waals surface area contributed by atoms with E-state index in [1.165, 1.54) is 19.6 Å². The molecule has 0 atom stereocenters. The van der Waals surface area contributed by atoms with Crippen molar-refractivity contribution in [2.45, 2.75) is 25.2 Å². The molecule has 5 heteroatoms. The van der Waals surface area contributed by atoms with Gasteiger partial charge >= 0.3 is 11.5 Å². The van der Waals surface area contributed by atoms with Crippen LogP contribution in [0.3, 0.4) is 0 Å². The van der Waals surface area contributed by atoms with E-state index >= 15 is 0 Å². The molecule has 0 aromatic rings. The first-order valence-electron chi connectivity index (χ1n) is 3.19. The maximum absolute atomic E-state index is 12.9. The molecule has 0 bridgehead atoms. The van der Waals surface area contributed by atoms with Crippen LogP contribution in [0.15, 0.2) is 0 Å². The summed E-state index contributed by atoms with van der Waals surface area (Å²) >= 11 is 0. The maximum Gasteiger partial charge on any atom is 0.371 e. The van der Waals surface area contributed by atoms with E-state index in [4.69, 9.17) is 0 Å². The lowest BCUT2D eigenvalue weighted by Crippen LogP contribution is -2.51. The smallest absolute Gasteiger partial charge is 0.371 e. The molecule has 0 amide bonds. The summed E-state index contributed by atoms with van der Waals surface area (Å²) < 4.78 is 29.8. The van der Waals surface area contributed by atoms with Gasteiger partial charge in [-0.05, 0) is 0 Å². The Kier molecular flexibility index (Phi) is 2.77. The highest BCUT2D eigenvalue weighted by molar-refractivity contribution is 6.81. The van der Waals surface area contributed by atoms with Crippen molar-refractivity contribution in [2.75, 3.05) is 7.11 Å². The van der Waals surface area contributed by atoms with Crippen LogP contribution in [0.4, 0.5) is 8.78 Å². The van der Waals surface area contributed by atoms with Gasteiger partial charge in [0.2, 0.25) is 0 Å². The van der Waals surface area contributed by atoms with Gasteiger partial charge in [0, 0.05) is 0 Å². The first-order chi connectivity index (χ1) is 4.73. The van der Waals surface area contributed by atoms with Crippen LogP contribution in [0.5, 0.6) is 0 Å². The normalized spacial score (nSPS) is 12.9. The summed E-state index contributed by atoms with van der Waals surface area (Å²) in [5.41, 5.74) is -3.28. The van der Waals surface area contributed by atoms with Gasteiger partial charge in [-0.2, -0.15) is 8.78 Å². The predicted molar refractivity (Wildman–Crippen MR) is 40.3 cm³/mol. The zero-order valence-electron chi connectivity index (χ0n) is 7.07. The molecule has 0 unspecified atom stereocenters. The number of esters is 1. The van der Waals surface area contributed by atoms with Gasteiger partial charge in [0.25, 0.3) is 0 Å². The zero-order chi connectivity index (χ0) is 9.28. The summed E-state index contributed by atoms with van der Waals surface area (Å²) in [4.78, 5) is 10.5. The van der Waals surface area contributed by atoms with Crippen molar-refractivity contribution >= 4 is 14.0 Å². The number of alkyl halides is 2. The van der Waals surface area contributed by atoms with E-state index in [0.717, 1.165) is 7.11 Å². The molecule has 11 heavy (non-hydrogen) atoms. The van der Waals surface area contributed by atoms with Gasteiger partial charge in [-0.3, -0.25) is 0 Å². The van der Waals surface area contributed by atoms with Crippen LogP contribution in [-0.2, 0) is 9.53 Å². The summed E-state index contributed by atoms with van der Waals surface area (Å²) in [5.74, 6) is -1.42. The third kappa shape index (κ3) is 1.99. The highest BCUT2D eigenvalue weighted by Gasteiger charge is 2.52. The number of rotatable bonds is 2. The van der Waals surface area contributed by atoms with Gasteiger partial charge < -0.3 is 4.74 Å². The molecule has 0 aliphatic heterocycles. The van der Waals surface area contributed by atoms with E-state index in [1.54, 1.807) is 0 Å². The van der Waals surface area contributed by atoms with Crippen molar-refractivity contribution in [2.24, 2.45) is 0 Å². The largest absolute Gasteiger partial charge is 0.465 e. The topological polar surface area (TPSA) is 26.3 Å². The third-order valence-corrected chi connectivity index (χ3v) is 3.47. The van der Waals surface area contributed by atoms with Crippen LogP contribution < -0.4 is 0 Å². The van der Waals surface area contributed by atoms with Crippen molar-refractivity contribution in [3.63, 3.8) is 0 Å². The fourth-order valence-electron chi connectivity index (χ4n) is 0.434. The summed E-state index contributed by atoms with van der Waals surface area (Å²) in [7, 11) is -1.81. The number of methoxy groups -OCH3 is 1. The zero-order valence-corrected chi connectivity index (χ0v) is 8.07. The first-order valence-corrected chi connectivity index (χ1v) is 6.69. The molecule has 0 saturated heterocycles. The number of halogens is 2. The molecule has 0 aromatic heterocycles. The fourth-order valence-corrected chi connectivity index (χ4v) is 1.15. The molecule has 0 aliphatic carbocycles. The molecular formula is C6H12F2O2Si.